The van der Waals surface area contributed by atoms with Gasteiger partial charge in [-0.15, -0.1) is 11.3 Å². The summed E-state index contributed by atoms with van der Waals surface area (Å²) in [5.74, 6) is 1.36. The van der Waals surface area contributed by atoms with Gasteiger partial charge in [-0.3, -0.25) is 4.99 Å². The molecule has 0 fully saturated rings. The highest BCUT2D eigenvalue weighted by molar-refractivity contribution is 7.13. The standard InChI is InChI=1S/C17H26N4O2S/c1-17(2,3)14(22-5)10-20-16(18-4)19-9-12-11-23-15(21-12)13-7-6-8-24-13/h6-8,11,14H,9-10H2,1-5H3,(H2,18,19,20). The van der Waals surface area contributed by atoms with Crippen LogP contribution >= 0.6 is 11.3 Å². The number of oxazole rings is 1. The number of thiophene rings is 1. The van der Waals surface area contributed by atoms with Crippen molar-refractivity contribution in [3.05, 3.63) is 29.5 Å². The summed E-state index contributed by atoms with van der Waals surface area (Å²) in [4.78, 5) is 9.74. The van der Waals surface area contributed by atoms with Gasteiger partial charge in [0.15, 0.2) is 5.96 Å². The van der Waals surface area contributed by atoms with Crippen LogP contribution in [0.1, 0.15) is 26.5 Å². The maximum atomic E-state index is 5.55. The Labute approximate surface area is 147 Å². The van der Waals surface area contributed by atoms with Gasteiger partial charge in [-0.05, 0) is 16.9 Å². The molecule has 0 aliphatic heterocycles. The first-order chi connectivity index (χ1) is 11.4. The van der Waals surface area contributed by atoms with Crippen LogP contribution < -0.4 is 10.6 Å². The van der Waals surface area contributed by atoms with Gasteiger partial charge >= 0.3 is 0 Å². The van der Waals surface area contributed by atoms with Crippen molar-refractivity contribution in [3.8, 4) is 10.8 Å². The van der Waals surface area contributed by atoms with Gasteiger partial charge in [0, 0.05) is 20.7 Å². The summed E-state index contributed by atoms with van der Waals surface area (Å²) in [6, 6.07) is 3.97. The molecule has 0 saturated heterocycles. The van der Waals surface area contributed by atoms with E-state index in [2.05, 4.69) is 41.4 Å². The molecule has 0 radical (unpaired) electrons. The lowest BCUT2D eigenvalue weighted by Gasteiger charge is -2.30. The minimum atomic E-state index is 0.0579. The van der Waals surface area contributed by atoms with Gasteiger partial charge in [-0.1, -0.05) is 26.8 Å². The molecule has 0 bridgehead atoms. The summed E-state index contributed by atoms with van der Waals surface area (Å²) in [6.45, 7) is 7.68. The molecule has 1 unspecified atom stereocenters. The van der Waals surface area contributed by atoms with E-state index in [9.17, 15) is 0 Å². The highest BCUT2D eigenvalue weighted by Gasteiger charge is 2.24. The van der Waals surface area contributed by atoms with Gasteiger partial charge in [0.2, 0.25) is 5.89 Å². The van der Waals surface area contributed by atoms with Crippen LogP contribution in [-0.4, -0.2) is 37.7 Å². The summed E-state index contributed by atoms with van der Waals surface area (Å²) in [5, 5.41) is 8.53. The summed E-state index contributed by atoms with van der Waals surface area (Å²) < 4.78 is 11.1. The second-order valence-electron chi connectivity index (χ2n) is 6.52. The Kier molecular flexibility index (Phi) is 6.39. The van der Waals surface area contributed by atoms with E-state index >= 15 is 0 Å². The lowest BCUT2D eigenvalue weighted by Crippen LogP contribution is -2.45. The maximum Gasteiger partial charge on any atom is 0.236 e. The Balaban J connectivity index is 1.86. The van der Waals surface area contributed by atoms with Crippen LogP contribution in [-0.2, 0) is 11.3 Å². The minimum Gasteiger partial charge on any atom is -0.443 e. The monoisotopic (exact) mass is 350 g/mol. The van der Waals surface area contributed by atoms with E-state index in [0.29, 0.717) is 24.9 Å². The molecule has 0 aliphatic rings. The van der Waals surface area contributed by atoms with E-state index < -0.39 is 0 Å². The van der Waals surface area contributed by atoms with E-state index in [1.54, 1.807) is 31.8 Å². The Morgan fingerprint density at radius 1 is 1.42 bits per heavy atom. The Bertz CT molecular complexity index is 644. The normalized spacial score (nSPS) is 13.8. The highest BCUT2D eigenvalue weighted by Crippen LogP contribution is 2.23. The van der Waals surface area contributed by atoms with Crippen molar-refractivity contribution in [2.24, 2.45) is 10.4 Å². The molecule has 7 heteroatoms. The predicted octanol–water partition coefficient (Wildman–Crippen LogP) is 3.13. The number of methoxy groups -OCH3 is 1. The number of nitrogens with one attached hydrogen (secondary N) is 2. The molecule has 0 saturated carbocycles. The third kappa shape index (κ3) is 5.07. The zero-order chi connectivity index (χ0) is 17.6. The summed E-state index contributed by atoms with van der Waals surface area (Å²) in [5.41, 5.74) is 0.892. The van der Waals surface area contributed by atoms with E-state index in [-0.39, 0.29) is 11.5 Å². The Hall–Kier alpha value is -1.86. The number of rotatable bonds is 6. The Morgan fingerprint density at radius 2 is 2.21 bits per heavy atom. The van der Waals surface area contributed by atoms with E-state index in [4.69, 9.17) is 9.15 Å². The van der Waals surface area contributed by atoms with Crippen LogP contribution in [0.5, 0.6) is 0 Å². The van der Waals surface area contributed by atoms with Gasteiger partial charge in [-0.2, -0.15) is 0 Å². The maximum absolute atomic E-state index is 5.55. The largest absolute Gasteiger partial charge is 0.443 e. The van der Waals surface area contributed by atoms with Crippen molar-refractivity contribution < 1.29 is 9.15 Å². The molecule has 2 heterocycles. The smallest absolute Gasteiger partial charge is 0.236 e. The van der Waals surface area contributed by atoms with Crippen LogP contribution in [0.3, 0.4) is 0 Å². The quantitative estimate of drug-likeness (QED) is 0.619. The summed E-state index contributed by atoms with van der Waals surface area (Å²) >= 11 is 1.61. The molecule has 2 rings (SSSR count). The molecule has 2 aromatic rings. The molecule has 0 amide bonds. The van der Waals surface area contributed by atoms with Crippen LogP contribution in [0.25, 0.3) is 10.8 Å². The summed E-state index contributed by atoms with van der Waals surface area (Å²) in [6.07, 6.45) is 1.76. The van der Waals surface area contributed by atoms with Crippen LogP contribution in [0.15, 0.2) is 33.2 Å². The Morgan fingerprint density at radius 3 is 2.79 bits per heavy atom. The average Bonchev–Trinajstić information content (AvgIpc) is 3.20. The highest BCUT2D eigenvalue weighted by atomic mass is 32.1. The molecule has 0 aromatic carbocycles. The van der Waals surface area contributed by atoms with Gasteiger partial charge < -0.3 is 19.8 Å². The first kappa shape index (κ1) is 18.5. The summed E-state index contributed by atoms with van der Waals surface area (Å²) in [7, 11) is 3.48. The lowest BCUT2D eigenvalue weighted by molar-refractivity contribution is 0.0205. The number of hydrogen-bond donors (Lipinski definition) is 2. The van der Waals surface area contributed by atoms with Crippen molar-refractivity contribution in [1.29, 1.82) is 0 Å². The number of aliphatic imine (C=N–C) groups is 1. The number of aromatic nitrogens is 1. The number of hydrogen-bond acceptors (Lipinski definition) is 5. The molecule has 2 N–H and O–H groups in total. The number of ether oxygens (including phenoxy) is 1. The predicted molar refractivity (Wildman–Crippen MR) is 98.3 cm³/mol. The third-order valence-electron chi connectivity index (χ3n) is 3.65. The molecule has 0 spiro atoms. The molecule has 0 aliphatic carbocycles. The second-order valence-corrected chi connectivity index (χ2v) is 7.47. The van der Waals surface area contributed by atoms with Crippen molar-refractivity contribution in [2.45, 2.75) is 33.4 Å². The molecular weight excluding hydrogens is 324 g/mol. The van der Waals surface area contributed by atoms with Gasteiger partial charge in [0.25, 0.3) is 0 Å². The first-order valence-electron chi connectivity index (χ1n) is 7.89. The van der Waals surface area contributed by atoms with Crippen molar-refractivity contribution >= 4 is 17.3 Å². The zero-order valence-electron chi connectivity index (χ0n) is 14.9. The van der Waals surface area contributed by atoms with Gasteiger partial charge in [-0.25, -0.2) is 4.98 Å². The molecule has 132 valence electrons. The van der Waals surface area contributed by atoms with Crippen molar-refractivity contribution in [3.63, 3.8) is 0 Å². The number of nitrogens with zero attached hydrogens (tertiary/aromatic N) is 2. The first-order valence-corrected chi connectivity index (χ1v) is 8.77. The van der Waals surface area contributed by atoms with Crippen LogP contribution in [0.4, 0.5) is 0 Å². The van der Waals surface area contributed by atoms with Crippen LogP contribution in [0.2, 0.25) is 0 Å². The van der Waals surface area contributed by atoms with E-state index in [1.165, 1.54) is 0 Å². The second kappa shape index (κ2) is 8.30. The molecule has 6 nitrogen and oxygen atoms in total. The number of guanidine groups is 1. The van der Waals surface area contributed by atoms with Crippen molar-refractivity contribution in [1.82, 2.24) is 15.6 Å². The van der Waals surface area contributed by atoms with Gasteiger partial charge in [0.05, 0.1) is 23.2 Å². The fraction of sp³-hybridized carbons (Fsp3) is 0.529. The average molecular weight is 350 g/mol. The molecule has 1 atom stereocenters. The lowest BCUT2D eigenvalue weighted by atomic mass is 9.89. The minimum absolute atomic E-state index is 0.0579. The fourth-order valence-electron chi connectivity index (χ4n) is 2.23. The third-order valence-corrected chi connectivity index (χ3v) is 4.51. The SMILES string of the molecule is CN=C(NCc1coc(-c2cccs2)n1)NCC(OC)C(C)(C)C. The fourth-order valence-corrected chi connectivity index (χ4v) is 2.88. The van der Waals surface area contributed by atoms with E-state index in [1.807, 2.05) is 17.5 Å². The zero-order valence-corrected chi connectivity index (χ0v) is 15.7. The van der Waals surface area contributed by atoms with E-state index in [0.717, 1.165) is 10.6 Å². The van der Waals surface area contributed by atoms with Gasteiger partial charge in [0.1, 0.15) is 6.26 Å². The topological polar surface area (TPSA) is 71.7 Å². The molecule has 24 heavy (non-hydrogen) atoms. The van der Waals surface area contributed by atoms with Crippen LogP contribution in [0, 0.1) is 5.41 Å². The van der Waals surface area contributed by atoms with Crippen molar-refractivity contribution in [2.75, 3.05) is 20.7 Å². The molecular formula is C17H26N4O2S. The molecule has 2 aromatic heterocycles.